The first-order chi connectivity index (χ1) is 59.1. The highest BCUT2D eigenvalue weighted by Gasteiger charge is 2.49. The molecule has 9 atom stereocenters. The maximum Gasteiger partial charge on any atom is 0.409 e. The number of methoxy groups -OCH3 is 1. The van der Waals surface area contributed by atoms with E-state index in [1.807, 2.05) is 92.5 Å². The van der Waals surface area contributed by atoms with Crippen LogP contribution in [0, 0.1) is 11.3 Å². The average molecular weight is 1820 g/mol. The van der Waals surface area contributed by atoms with Gasteiger partial charge in [0, 0.05) is 335 Å². The molecule has 0 saturated carbocycles. The number of hydrogen-bond acceptors (Lipinski definition) is 20. The maximum atomic E-state index is 11.8. The molecule has 31 heteroatoms. The number of amides is 9. The molecule has 0 aromatic heterocycles. The average Bonchev–Trinajstić information content (AvgIpc) is 1.62. The van der Waals surface area contributed by atoms with Crippen LogP contribution in [0.5, 0.6) is 0 Å². The van der Waals surface area contributed by atoms with Crippen molar-refractivity contribution in [2.45, 2.75) is 351 Å². The number of carbonyl (C=O) groups is 8. The smallest absolute Gasteiger partial charge is 0.409 e. The van der Waals surface area contributed by atoms with Gasteiger partial charge in [-0.3, -0.25) is 68.0 Å². The van der Waals surface area contributed by atoms with Gasteiger partial charge in [-0.05, 0) is 202 Å². The Labute approximate surface area is 774 Å². The molecule has 0 aliphatic carbocycles. The van der Waals surface area contributed by atoms with Crippen LogP contribution < -0.4 is 0 Å². The van der Waals surface area contributed by atoms with E-state index in [0.717, 1.165) is 201 Å². The minimum Gasteiger partial charge on any atom is -0.453 e. The lowest BCUT2D eigenvalue weighted by Crippen LogP contribution is -2.46. The summed E-state index contributed by atoms with van der Waals surface area (Å²) in [7, 11) is 17.0. The normalized spacial score (nSPS) is 26.3. The molecule has 740 valence electrons. The van der Waals surface area contributed by atoms with Crippen LogP contribution in [0.4, 0.5) is 9.59 Å². The second-order valence-corrected chi connectivity index (χ2v) is 43.9. The number of ether oxygens (including phenoxy) is 1. The van der Waals surface area contributed by atoms with Crippen molar-refractivity contribution in [3.05, 3.63) is 0 Å². The van der Waals surface area contributed by atoms with Crippen LogP contribution in [0.3, 0.4) is 0 Å². The summed E-state index contributed by atoms with van der Waals surface area (Å²) in [6.07, 6.45) is 16.1. The highest BCUT2D eigenvalue weighted by molar-refractivity contribution is 7.88. The van der Waals surface area contributed by atoms with Crippen LogP contribution in [0.2, 0.25) is 0 Å². The standard InChI is InChI=1S/C12H24N2O.C11H23N3O.3C11H20N2O.C11H22N2O.C10H20N2O2.C10H20N2O.C9H20N2O2S/c1-9(2)12(15)13(5)11-6-7-14(8-11)10(3)4;1-9(2)14-7-6-10(8-14)13(5)11(15)12(3)4;1-9(2)13-5-4-11(8-13)6-10(14)12(3)7-11;1-9(2)13-7-6-11(8-13)5-4-10(14)12(11)3;1-9(2)12-7-5-10(8-12)13-6-3-4-11(13)14;1-5-11(14)12(4)10-6-7-13(8-10)9(2)3;1-8(2)12-6-5-9(7-12)11(3)10(13)14-4;1-8(2)12-6-5-10(7-12)11(4)9(3)13;1-8(2)11-6-5-9(7-11)10(3)14(4,12)13/h9-11H,6-8H2,1-5H3;9-10H,6-8H2,1-5H3;2*9H,4-8H2,1-3H3;9-10H,3-8H2,1-2H3;9-10H,5-8H2,1-4H3;8-9H,5-7H2,1-4H3;8,10H,5-7H2,1-4H3;8-9H,5-7H2,1-4H3/t11-;10-;;;2*10-;9-;10-;9-/m11..11111/s1. The summed E-state index contributed by atoms with van der Waals surface area (Å²) in [4.78, 5) is 131. The van der Waals surface area contributed by atoms with Gasteiger partial charge in [-0.25, -0.2) is 22.3 Å². The molecule has 0 aromatic rings. The number of urea groups is 1. The van der Waals surface area contributed by atoms with Gasteiger partial charge in [0.2, 0.25) is 45.5 Å². The summed E-state index contributed by atoms with van der Waals surface area (Å²) < 4.78 is 28.8. The van der Waals surface area contributed by atoms with Crippen LogP contribution in [-0.4, -0.2) is 465 Å². The number of hydrogen-bond donors (Lipinski definition) is 0. The van der Waals surface area contributed by atoms with E-state index in [1.54, 1.807) is 44.9 Å². The minimum atomic E-state index is -3.03. The molecule has 9 amide bonds. The van der Waals surface area contributed by atoms with Gasteiger partial charge in [-0.1, -0.05) is 20.8 Å². The number of nitrogens with zero attached hydrogens (tertiary/aromatic N) is 19. The molecule has 0 N–H and O–H groups in total. The molecule has 2 unspecified atom stereocenters. The Bertz CT molecular complexity index is 3360. The first kappa shape index (κ1) is 114. The van der Waals surface area contributed by atoms with E-state index in [0.29, 0.717) is 115 Å². The third kappa shape index (κ3) is 34.7. The van der Waals surface area contributed by atoms with Crippen molar-refractivity contribution >= 4 is 57.6 Å². The van der Waals surface area contributed by atoms with E-state index in [1.165, 1.54) is 37.1 Å². The van der Waals surface area contributed by atoms with E-state index in [9.17, 15) is 46.8 Å². The predicted molar refractivity (Wildman–Crippen MR) is 518 cm³/mol. The molecule has 2 spiro atoms. The van der Waals surface area contributed by atoms with Gasteiger partial charge in [-0.15, -0.1) is 0 Å². The van der Waals surface area contributed by atoms with E-state index >= 15 is 0 Å². The van der Waals surface area contributed by atoms with Crippen LogP contribution in [-0.2, 0) is 43.5 Å². The monoisotopic (exact) mass is 1820 g/mol. The summed E-state index contributed by atoms with van der Waals surface area (Å²) in [5.41, 5.74) is 0.470. The first-order valence-corrected chi connectivity index (χ1v) is 50.8. The second kappa shape index (κ2) is 53.1. The van der Waals surface area contributed by atoms with Crippen LogP contribution >= 0.6 is 0 Å². The lowest BCUT2D eigenvalue weighted by Gasteiger charge is -2.32. The van der Waals surface area contributed by atoms with Crippen LogP contribution in [0.25, 0.3) is 0 Å². The van der Waals surface area contributed by atoms with Crippen molar-refractivity contribution in [3.63, 3.8) is 0 Å². The van der Waals surface area contributed by atoms with Gasteiger partial charge in [0.1, 0.15) is 0 Å². The van der Waals surface area contributed by atoms with Crippen molar-refractivity contribution in [1.82, 2.24) is 92.5 Å². The van der Waals surface area contributed by atoms with E-state index in [2.05, 4.69) is 178 Å². The van der Waals surface area contributed by atoms with Gasteiger partial charge in [0.05, 0.1) is 18.9 Å². The minimum absolute atomic E-state index is 0.102. The van der Waals surface area contributed by atoms with E-state index in [-0.39, 0.29) is 52.8 Å². The van der Waals surface area contributed by atoms with Gasteiger partial charge < -0.3 is 53.7 Å². The Morgan fingerprint density at radius 1 is 0.417 bits per heavy atom. The van der Waals surface area contributed by atoms with Crippen LogP contribution in [0.15, 0.2) is 0 Å². The zero-order valence-electron chi connectivity index (χ0n) is 87.0. The molecule has 127 heavy (non-hydrogen) atoms. The molecule has 12 saturated heterocycles. The number of sulfonamides is 1. The maximum absolute atomic E-state index is 11.8. The molecule has 12 aliphatic heterocycles. The third-order valence-electron chi connectivity index (χ3n) is 29.7. The highest BCUT2D eigenvalue weighted by Crippen LogP contribution is 2.41. The van der Waals surface area contributed by atoms with Crippen molar-refractivity contribution in [2.24, 2.45) is 11.3 Å². The van der Waals surface area contributed by atoms with Crippen LogP contribution in [0.1, 0.15) is 249 Å². The summed E-state index contributed by atoms with van der Waals surface area (Å²) in [5, 5.41) is 0. The van der Waals surface area contributed by atoms with E-state index in [4.69, 9.17) is 0 Å². The predicted octanol–water partition coefficient (Wildman–Crippen LogP) is 9.61. The summed E-state index contributed by atoms with van der Waals surface area (Å²) in [6.45, 7) is 68.4. The van der Waals surface area contributed by atoms with Crippen molar-refractivity contribution < 1.29 is 51.5 Å². The van der Waals surface area contributed by atoms with Crippen molar-refractivity contribution in [2.75, 3.05) is 215 Å². The largest absolute Gasteiger partial charge is 0.453 e. The summed E-state index contributed by atoms with van der Waals surface area (Å²) in [6, 6.07) is 8.04. The molecule has 0 aromatic carbocycles. The summed E-state index contributed by atoms with van der Waals surface area (Å²) >= 11 is 0. The highest BCUT2D eigenvalue weighted by atomic mass is 32.2. The summed E-state index contributed by atoms with van der Waals surface area (Å²) in [5.74, 6) is 1.86. The SMILES string of the molecule is CC(=O)N(C)[C@@H]1CCN(C(C)C)C1.CC(C)C(=O)N(C)[C@@H]1CCN(C(C)C)C1.CC(C)N1CCC2(CC(=O)N(C)C2)C1.CC(C)N1CCC2(CCC(=O)N2C)C1.CC(C)N1CC[C@@H](N(C)C(=O)N(C)C)C1.CC(C)N1CC[C@@H](N(C)S(C)(=O)=O)C1.CC(C)N1CC[C@@H](N2CCCC2=O)C1.CCC(=O)N(C)[C@@H]1CCN(C(C)C)C1.COC(=O)N(C)[C@@H]1CCN(C(C)C)C1. The first-order valence-electron chi connectivity index (χ1n) is 49.0. The lowest BCUT2D eigenvalue weighted by atomic mass is 9.86. The van der Waals surface area contributed by atoms with Gasteiger partial charge in [0.25, 0.3) is 0 Å². The molecule has 0 radical (unpaired) electrons. The van der Waals surface area contributed by atoms with Crippen molar-refractivity contribution in [1.29, 1.82) is 0 Å². The number of carbonyl (C=O) groups excluding carboxylic acids is 8. The Morgan fingerprint density at radius 3 is 1.10 bits per heavy atom. The zero-order valence-corrected chi connectivity index (χ0v) is 87.8. The molecule has 12 aliphatic rings. The topological polar surface area (TPSA) is 241 Å². The van der Waals surface area contributed by atoms with Gasteiger partial charge >= 0.3 is 12.1 Å². The Hall–Kier alpha value is -5.09. The quantitative estimate of drug-likeness (QED) is 0.117. The number of likely N-dealkylation sites (tertiary alicyclic amines) is 12. The Morgan fingerprint density at radius 2 is 0.787 bits per heavy atom. The third-order valence-corrected chi connectivity index (χ3v) is 31.0. The fourth-order valence-corrected chi connectivity index (χ4v) is 20.4. The molecular weight excluding hydrogens is 1630 g/mol. The molecule has 0 bridgehead atoms. The fourth-order valence-electron chi connectivity index (χ4n) is 19.7. The molecule has 30 nitrogen and oxygen atoms in total. The molecular formula is C96H189N19O11S. The second-order valence-electron chi connectivity index (χ2n) is 41.9. The Kier molecular flexibility index (Phi) is 47.8. The van der Waals surface area contributed by atoms with Gasteiger partial charge in [0.15, 0.2) is 0 Å². The number of rotatable bonds is 19. The molecule has 12 heterocycles. The molecule has 12 fully saturated rings. The lowest BCUT2D eigenvalue weighted by molar-refractivity contribution is -0.135. The fraction of sp³-hybridized carbons (Fsp3) is 0.917. The number of likely N-dealkylation sites (N-methyl/N-ethyl adjacent to an activating group) is 7. The van der Waals surface area contributed by atoms with Crippen molar-refractivity contribution in [3.8, 4) is 0 Å². The van der Waals surface area contributed by atoms with E-state index < -0.39 is 10.0 Å². The van der Waals surface area contributed by atoms with Gasteiger partial charge in [-0.2, -0.15) is 0 Å². The zero-order chi connectivity index (χ0) is 96.4. The Balaban J connectivity index is 0.000000299. The molecule has 12 rings (SSSR count).